The summed E-state index contributed by atoms with van der Waals surface area (Å²) < 4.78 is 11.7. The molecule has 1 aliphatic heterocycles. The van der Waals surface area contributed by atoms with E-state index in [1.54, 1.807) is 0 Å². The predicted molar refractivity (Wildman–Crippen MR) is 149 cm³/mol. The minimum atomic E-state index is -2.56. The van der Waals surface area contributed by atoms with E-state index < -0.39 is 8.32 Å². The number of rotatable bonds is 6. The topological polar surface area (TPSA) is 30.9 Å². The molecule has 4 nitrogen and oxygen atoms in total. The zero-order chi connectivity index (χ0) is 25.5. The van der Waals surface area contributed by atoms with Crippen LogP contribution in [0, 0.1) is 20.8 Å². The summed E-state index contributed by atoms with van der Waals surface area (Å²) in [5.74, 6) is 1.14. The van der Waals surface area contributed by atoms with E-state index >= 15 is 0 Å². The highest BCUT2D eigenvalue weighted by atomic mass is 28.4. The Labute approximate surface area is 216 Å². The summed E-state index contributed by atoms with van der Waals surface area (Å²) in [4.78, 5) is 0. The van der Waals surface area contributed by atoms with E-state index in [4.69, 9.17) is 9.52 Å². The van der Waals surface area contributed by atoms with E-state index in [0.29, 0.717) is 6.61 Å². The average Bonchev–Trinajstić information content (AvgIpc) is 3.41. The molecule has 1 atom stereocenters. The third kappa shape index (κ3) is 4.25. The Morgan fingerprint density at radius 2 is 1.47 bits per heavy atom. The molecule has 0 aliphatic carbocycles. The molecular weight excluding hydrogens is 458 g/mol. The number of hydrogen-bond donors (Lipinski definition) is 0. The van der Waals surface area contributed by atoms with Gasteiger partial charge in [0.1, 0.15) is 11.7 Å². The monoisotopic (exact) mass is 496 g/mol. The van der Waals surface area contributed by atoms with Gasteiger partial charge in [-0.3, -0.25) is 0 Å². The second kappa shape index (κ2) is 9.45. The van der Waals surface area contributed by atoms with Crippen LogP contribution in [0.4, 0.5) is 0 Å². The Bertz CT molecular complexity index is 1290. The molecule has 1 aromatic heterocycles. The third-order valence-corrected chi connectivity index (χ3v) is 12.6. The minimum absolute atomic E-state index is 0.0257. The van der Waals surface area contributed by atoms with Crippen LogP contribution in [0.3, 0.4) is 0 Å². The van der Waals surface area contributed by atoms with Gasteiger partial charge < -0.3 is 4.43 Å². The normalized spacial score (nSPS) is 15.8. The predicted octanol–water partition coefficient (Wildman–Crippen LogP) is 5.15. The fourth-order valence-corrected chi connectivity index (χ4v) is 10.7. The van der Waals surface area contributed by atoms with Gasteiger partial charge in [0, 0.05) is 11.5 Å². The molecule has 0 unspecified atom stereocenters. The Kier molecular flexibility index (Phi) is 6.47. The lowest BCUT2D eigenvalue weighted by Gasteiger charge is -2.43. The lowest BCUT2D eigenvalue weighted by molar-refractivity contribution is -0.718. The molecule has 0 spiro atoms. The van der Waals surface area contributed by atoms with E-state index in [9.17, 15) is 0 Å². The van der Waals surface area contributed by atoms with Gasteiger partial charge in [0.25, 0.3) is 14.1 Å². The number of benzene rings is 3. The molecule has 0 saturated heterocycles. The van der Waals surface area contributed by atoms with Crippen LogP contribution in [-0.2, 0) is 10.8 Å². The fraction of sp³-hybridized carbons (Fsp3) is 0.355. The summed E-state index contributed by atoms with van der Waals surface area (Å²) in [6.45, 7) is 14.2. The molecule has 2 heterocycles. The molecule has 0 amide bonds. The average molecular weight is 497 g/mol. The molecular formula is C31H38N3OSi+. The molecule has 186 valence electrons. The van der Waals surface area contributed by atoms with Crippen molar-refractivity contribution < 1.29 is 8.99 Å². The number of hydrogen-bond acceptors (Lipinski definition) is 2. The van der Waals surface area contributed by atoms with Crippen LogP contribution in [-0.4, -0.2) is 24.7 Å². The molecule has 0 radical (unpaired) electrons. The van der Waals surface area contributed by atoms with Crippen molar-refractivity contribution in [3.63, 3.8) is 0 Å². The molecule has 5 rings (SSSR count). The highest BCUT2D eigenvalue weighted by molar-refractivity contribution is 6.99. The molecule has 0 saturated carbocycles. The molecule has 3 aromatic carbocycles. The van der Waals surface area contributed by atoms with Gasteiger partial charge in [0.15, 0.2) is 0 Å². The number of aryl methyl sites for hydroxylation is 4. The first-order chi connectivity index (χ1) is 17.2. The lowest BCUT2D eigenvalue weighted by Crippen LogP contribution is -2.67. The zero-order valence-corrected chi connectivity index (χ0v) is 23.5. The van der Waals surface area contributed by atoms with Crippen molar-refractivity contribution in [1.82, 2.24) is 9.78 Å². The van der Waals surface area contributed by atoms with Crippen LogP contribution in [0.15, 0.2) is 79.1 Å². The van der Waals surface area contributed by atoms with E-state index in [1.807, 2.05) is 0 Å². The van der Waals surface area contributed by atoms with Crippen LogP contribution < -0.4 is 14.9 Å². The maximum atomic E-state index is 7.27. The second-order valence-electron chi connectivity index (χ2n) is 11.3. The standard InChI is InChI=1S/C31H38N3OSi/c1-23-19-24(2)30(25(3)20-23)34-22-33-26(17-18-29(33)32-34)21-35-36(31(4,5)6,27-13-9-7-10-14-27)28-15-11-8-12-16-28/h7-16,19-20,22,26H,17-18,21H2,1-6H3/q+1/t26-/m0/s1. The van der Waals surface area contributed by atoms with E-state index in [0.717, 1.165) is 18.7 Å². The van der Waals surface area contributed by atoms with Gasteiger partial charge in [0.05, 0.1) is 6.61 Å². The van der Waals surface area contributed by atoms with Crippen molar-refractivity contribution >= 4 is 18.7 Å². The Balaban J connectivity index is 1.50. The van der Waals surface area contributed by atoms with E-state index in [-0.39, 0.29) is 11.1 Å². The van der Waals surface area contributed by atoms with Crippen molar-refractivity contribution in [1.29, 1.82) is 0 Å². The van der Waals surface area contributed by atoms with Crippen molar-refractivity contribution in [2.45, 2.75) is 65.5 Å². The van der Waals surface area contributed by atoms with Crippen LogP contribution in [0.25, 0.3) is 5.69 Å². The van der Waals surface area contributed by atoms with E-state index in [2.05, 4.69) is 130 Å². The minimum Gasteiger partial charge on any atom is -0.404 e. The summed E-state index contributed by atoms with van der Waals surface area (Å²) in [6, 6.07) is 26.6. The summed E-state index contributed by atoms with van der Waals surface area (Å²) in [7, 11) is -2.56. The highest BCUT2D eigenvalue weighted by Crippen LogP contribution is 2.37. The van der Waals surface area contributed by atoms with Gasteiger partial charge in [-0.05, 0) is 53.7 Å². The maximum Gasteiger partial charge on any atom is 0.278 e. The molecule has 0 N–H and O–H groups in total. The summed E-state index contributed by atoms with van der Waals surface area (Å²) >= 11 is 0. The molecule has 0 bridgehead atoms. The first-order valence-corrected chi connectivity index (χ1v) is 14.9. The van der Waals surface area contributed by atoms with Gasteiger partial charge in [-0.25, -0.2) is 4.57 Å². The molecule has 0 fully saturated rings. The summed E-state index contributed by atoms with van der Waals surface area (Å²) in [6.07, 6.45) is 4.23. The van der Waals surface area contributed by atoms with Crippen LogP contribution in [0.1, 0.15) is 55.7 Å². The van der Waals surface area contributed by atoms with Crippen molar-refractivity contribution in [3.8, 4) is 5.69 Å². The molecule has 1 aliphatic rings. The first-order valence-electron chi connectivity index (χ1n) is 13.0. The largest absolute Gasteiger partial charge is 0.404 e. The Hall–Kier alpha value is -3.02. The second-order valence-corrected chi connectivity index (χ2v) is 15.6. The number of aromatic nitrogens is 3. The zero-order valence-electron chi connectivity index (χ0n) is 22.5. The van der Waals surface area contributed by atoms with Crippen molar-refractivity contribution in [3.05, 3.63) is 102 Å². The third-order valence-electron chi connectivity index (χ3n) is 7.62. The molecule has 36 heavy (non-hydrogen) atoms. The fourth-order valence-electron chi connectivity index (χ4n) is 6.09. The van der Waals surface area contributed by atoms with Crippen molar-refractivity contribution in [2.24, 2.45) is 0 Å². The van der Waals surface area contributed by atoms with Gasteiger partial charge in [0.2, 0.25) is 6.33 Å². The smallest absolute Gasteiger partial charge is 0.278 e. The van der Waals surface area contributed by atoms with Crippen LogP contribution in [0.5, 0.6) is 0 Å². The number of nitrogens with zero attached hydrogens (tertiary/aromatic N) is 3. The van der Waals surface area contributed by atoms with Gasteiger partial charge in [-0.15, -0.1) is 0 Å². The highest BCUT2D eigenvalue weighted by Gasteiger charge is 2.51. The van der Waals surface area contributed by atoms with E-state index in [1.165, 1.54) is 32.8 Å². The van der Waals surface area contributed by atoms with Gasteiger partial charge >= 0.3 is 0 Å². The summed E-state index contributed by atoms with van der Waals surface area (Å²) in [5, 5.41) is 7.64. The Morgan fingerprint density at radius 3 is 2.00 bits per heavy atom. The van der Waals surface area contributed by atoms with Gasteiger partial charge in [-0.1, -0.05) is 104 Å². The Morgan fingerprint density at radius 1 is 0.917 bits per heavy atom. The quantitative estimate of drug-likeness (QED) is 0.273. The molecule has 5 heteroatoms. The molecule has 4 aromatic rings. The number of fused-ring (bicyclic) bond motifs is 1. The lowest BCUT2D eigenvalue weighted by atomic mass is 10.1. The van der Waals surface area contributed by atoms with Crippen LogP contribution >= 0.6 is 0 Å². The van der Waals surface area contributed by atoms with Crippen molar-refractivity contribution in [2.75, 3.05) is 6.61 Å². The summed E-state index contributed by atoms with van der Waals surface area (Å²) in [5.41, 5.74) is 5.00. The van der Waals surface area contributed by atoms with Crippen LogP contribution in [0.2, 0.25) is 5.04 Å². The maximum absolute atomic E-state index is 7.27. The first kappa shape index (κ1) is 24.7. The SMILES string of the molecule is Cc1cc(C)c(-n2c[n+]3c(n2)CC[C@H]3CO[Si](c2ccccc2)(c2ccccc2)C(C)(C)C)c(C)c1. The van der Waals surface area contributed by atoms with Gasteiger partial charge in [-0.2, -0.15) is 0 Å².